The lowest BCUT2D eigenvalue weighted by Crippen LogP contribution is -2.35. The van der Waals surface area contributed by atoms with Crippen LogP contribution in [0, 0.1) is 26.2 Å². The summed E-state index contributed by atoms with van der Waals surface area (Å²) in [5.41, 5.74) is 3.85. The maximum Gasteiger partial charge on any atom is 0.225 e. The van der Waals surface area contributed by atoms with Crippen LogP contribution >= 0.6 is 0 Å². The average molecular weight is 304 g/mol. The van der Waals surface area contributed by atoms with Crippen LogP contribution in [0.5, 0.6) is 0 Å². The molecule has 0 spiro atoms. The monoisotopic (exact) mass is 304 g/mol. The van der Waals surface area contributed by atoms with Crippen molar-refractivity contribution in [2.24, 2.45) is 5.41 Å². The number of benzene rings is 1. The number of anilines is 1. The standard InChI is InChI=1S/C18H28N2O2/c1-12-10-13(2)16(14(3)11-12)20-15(21)8-7-9-19-17(22)18(4,5)6/h10-11H,7-9H2,1-6H3,(H,19,22)(H,20,21). The quantitative estimate of drug-likeness (QED) is 0.818. The molecule has 0 saturated heterocycles. The zero-order valence-corrected chi connectivity index (χ0v) is 14.6. The van der Waals surface area contributed by atoms with Gasteiger partial charge in [0.25, 0.3) is 0 Å². The molecule has 0 aliphatic heterocycles. The summed E-state index contributed by atoms with van der Waals surface area (Å²) < 4.78 is 0. The normalized spacial score (nSPS) is 11.2. The highest BCUT2D eigenvalue weighted by molar-refractivity contribution is 5.92. The molecule has 2 N–H and O–H groups in total. The molecule has 4 heteroatoms. The van der Waals surface area contributed by atoms with E-state index in [-0.39, 0.29) is 11.8 Å². The lowest BCUT2D eigenvalue weighted by atomic mass is 9.96. The minimum Gasteiger partial charge on any atom is -0.356 e. The first kappa shape index (κ1) is 18.2. The van der Waals surface area contributed by atoms with E-state index in [1.807, 2.05) is 41.5 Å². The lowest BCUT2D eigenvalue weighted by Gasteiger charge is -2.17. The van der Waals surface area contributed by atoms with Gasteiger partial charge in [-0.3, -0.25) is 9.59 Å². The highest BCUT2D eigenvalue weighted by Crippen LogP contribution is 2.22. The van der Waals surface area contributed by atoms with Crippen LogP contribution in [0.2, 0.25) is 0 Å². The number of rotatable bonds is 5. The van der Waals surface area contributed by atoms with Crippen LogP contribution in [-0.2, 0) is 9.59 Å². The third-order valence-electron chi connectivity index (χ3n) is 3.49. The Labute approximate surface area is 133 Å². The van der Waals surface area contributed by atoms with Gasteiger partial charge in [-0.1, -0.05) is 38.5 Å². The number of nitrogens with one attached hydrogen (secondary N) is 2. The van der Waals surface area contributed by atoms with Gasteiger partial charge < -0.3 is 10.6 Å². The molecule has 0 radical (unpaired) electrons. The van der Waals surface area contributed by atoms with Gasteiger partial charge in [-0.25, -0.2) is 0 Å². The van der Waals surface area contributed by atoms with Crippen molar-refractivity contribution >= 4 is 17.5 Å². The Bertz CT molecular complexity index is 534. The van der Waals surface area contributed by atoms with Gasteiger partial charge in [0.15, 0.2) is 0 Å². The van der Waals surface area contributed by atoms with E-state index in [1.165, 1.54) is 5.56 Å². The molecule has 22 heavy (non-hydrogen) atoms. The van der Waals surface area contributed by atoms with Crippen LogP contribution in [0.4, 0.5) is 5.69 Å². The fraction of sp³-hybridized carbons (Fsp3) is 0.556. The zero-order chi connectivity index (χ0) is 16.9. The first-order valence-electron chi connectivity index (χ1n) is 7.77. The van der Waals surface area contributed by atoms with E-state index < -0.39 is 5.41 Å². The highest BCUT2D eigenvalue weighted by atomic mass is 16.2. The summed E-state index contributed by atoms with van der Waals surface area (Å²) in [4.78, 5) is 23.7. The topological polar surface area (TPSA) is 58.2 Å². The maximum absolute atomic E-state index is 12.0. The molecule has 1 rings (SSSR count). The molecule has 0 aliphatic rings. The molecule has 0 unspecified atom stereocenters. The van der Waals surface area contributed by atoms with Crippen molar-refractivity contribution in [3.8, 4) is 0 Å². The van der Waals surface area contributed by atoms with Crippen molar-refractivity contribution in [3.05, 3.63) is 28.8 Å². The molecule has 0 fully saturated rings. The molecule has 0 atom stereocenters. The summed E-state index contributed by atoms with van der Waals surface area (Å²) in [6.07, 6.45) is 1.04. The summed E-state index contributed by atoms with van der Waals surface area (Å²) >= 11 is 0. The summed E-state index contributed by atoms with van der Waals surface area (Å²) in [5, 5.41) is 5.83. The summed E-state index contributed by atoms with van der Waals surface area (Å²) in [6, 6.07) is 4.12. The van der Waals surface area contributed by atoms with Gasteiger partial charge in [-0.05, 0) is 38.3 Å². The van der Waals surface area contributed by atoms with E-state index in [0.29, 0.717) is 19.4 Å². The molecule has 122 valence electrons. The molecule has 0 saturated carbocycles. The van der Waals surface area contributed by atoms with E-state index in [9.17, 15) is 9.59 Å². The summed E-state index contributed by atoms with van der Waals surface area (Å²) in [5.74, 6) is -0.00167. The Morgan fingerprint density at radius 2 is 1.59 bits per heavy atom. The van der Waals surface area contributed by atoms with Gasteiger partial charge >= 0.3 is 0 Å². The van der Waals surface area contributed by atoms with E-state index in [1.54, 1.807) is 0 Å². The van der Waals surface area contributed by atoms with Gasteiger partial charge in [0.1, 0.15) is 0 Å². The highest BCUT2D eigenvalue weighted by Gasteiger charge is 2.20. The largest absolute Gasteiger partial charge is 0.356 e. The van der Waals surface area contributed by atoms with Crippen molar-refractivity contribution in [3.63, 3.8) is 0 Å². The lowest BCUT2D eigenvalue weighted by molar-refractivity contribution is -0.128. The predicted octanol–water partition coefficient (Wildman–Crippen LogP) is 3.49. The van der Waals surface area contributed by atoms with E-state index >= 15 is 0 Å². The zero-order valence-electron chi connectivity index (χ0n) is 14.6. The second-order valence-electron chi connectivity index (χ2n) is 6.93. The number of carbonyl (C=O) groups excluding carboxylic acids is 2. The molecule has 1 aromatic carbocycles. The molecule has 2 amide bonds. The Hall–Kier alpha value is -1.84. The average Bonchev–Trinajstić information content (AvgIpc) is 2.37. The Kier molecular flexibility index (Phi) is 6.15. The van der Waals surface area contributed by atoms with E-state index in [0.717, 1.165) is 16.8 Å². The van der Waals surface area contributed by atoms with Gasteiger partial charge in [-0.2, -0.15) is 0 Å². The Balaban J connectivity index is 2.44. The molecular formula is C18H28N2O2. The van der Waals surface area contributed by atoms with Gasteiger partial charge in [0, 0.05) is 24.1 Å². The summed E-state index contributed by atoms with van der Waals surface area (Å²) in [7, 11) is 0. The van der Waals surface area contributed by atoms with Crippen molar-refractivity contribution in [1.29, 1.82) is 0 Å². The van der Waals surface area contributed by atoms with Crippen molar-refractivity contribution in [2.75, 3.05) is 11.9 Å². The number of aryl methyl sites for hydroxylation is 3. The first-order chi connectivity index (χ1) is 10.1. The second kappa shape index (κ2) is 7.43. The van der Waals surface area contributed by atoms with Crippen molar-refractivity contribution < 1.29 is 9.59 Å². The van der Waals surface area contributed by atoms with Crippen molar-refractivity contribution in [1.82, 2.24) is 5.32 Å². The molecule has 0 heterocycles. The smallest absolute Gasteiger partial charge is 0.225 e. The Morgan fingerprint density at radius 3 is 2.09 bits per heavy atom. The number of hydrogen-bond acceptors (Lipinski definition) is 2. The predicted molar refractivity (Wildman–Crippen MR) is 91.0 cm³/mol. The SMILES string of the molecule is Cc1cc(C)c(NC(=O)CCCNC(=O)C(C)(C)C)c(C)c1. The Morgan fingerprint density at radius 1 is 1.05 bits per heavy atom. The van der Waals surface area contributed by atoms with Gasteiger partial charge in [0.05, 0.1) is 0 Å². The van der Waals surface area contributed by atoms with Crippen LogP contribution in [-0.4, -0.2) is 18.4 Å². The van der Waals surface area contributed by atoms with Crippen LogP contribution in [0.25, 0.3) is 0 Å². The van der Waals surface area contributed by atoms with Gasteiger partial charge in [-0.15, -0.1) is 0 Å². The third-order valence-corrected chi connectivity index (χ3v) is 3.49. The number of carbonyl (C=O) groups is 2. The van der Waals surface area contributed by atoms with Crippen LogP contribution in [0.1, 0.15) is 50.3 Å². The van der Waals surface area contributed by atoms with Crippen LogP contribution in [0.3, 0.4) is 0 Å². The minimum absolute atomic E-state index is 0.0122. The molecule has 4 nitrogen and oxygen atoms in total. The van der Waals surface area contributed by atoms with Crippen molar-refractivity contribution in [2.45, 2.75) is 54.4 Å². The fourth-order valence-corrected chi connectivity index (χ4v) is 2.30. The molecule has 0 aromatic heterocycles. The molecular weight excluding hydrogens is 276 g/mol. The third kappa shape index (κ3) is 5.51. The van der Waals surface area contributed by atoms with Gasteiger partial charge in [0.2, 0.25) is 11.8 Å². The molecule has 0 bridgehead atoms. The number of hydrogen-bond donors (Lipinski definition) is 2. The van der Waals surface area contributed by atoms with E-state index in [2.05, 4.69) is 22.8 Å². The fourth-order valence-electron chi connectivity index (χ4n) is 2.30. The minimum atomic E-state index is -0.390. The molecule has 1 aromatic rings. The first-order valence-corrected chi connectivity index (χ1v) is 7.77. The molecule has 0 aliphatic carbocycles. The second-order valence-corrected chi connectivity index (χ2v) is 6.93. The number of amides is 2. The van der Waals surface area contributed by atoms with Crippen LogP contribution in [0.15, 0.2) is 12.1 Å². The maximum atomic E-state index is 12.0. The van der Waals surface area contributed by atoms with Crippen LogP contribution < -0.4 is 10.6 Å². The van der Waals surface area contributed by atoms with E-state index in [4.69, 9.17) is 0 Å². The summed E-state index contributed by atoms with van der Waals surface area (Å²) in [6.45, 7) is 12.2.